The summed E-state index contributed by atoms with van der Waals surface area (Å²) in [5.41, 5.74) is 2.20. The molecule has 0 atom stereocenters. The number of aryl methyl sites for hydroxylation is 1. The van der Waals surface area contributed by atoms with Crippen LogP contribution in [0.4, 0.5) is 5.82 Å². The molecule has 4 rings (SSSR count). The maximum absolute atomic E-state index is 12.4. The highest BCUT2D eigenvalue weighted by molar-refractivity contribution is 7.13. The van der Waals surface area contributed by atoms with Crippen LogP contribution < -0.4 is 10.9 Å². The van der Waals surface area contributed by atoms with Gasteiger partial charge in [-0.05, 0) is 37.1 Å². The zero-order chi connectivity index (χ0) is 18.8. The molecule has 0 radical (unpaired) electrons. The van der Waals surface area contributed by atoms with E-state index in [1.165, 1.54) is 4.68 Å². The molecule has 0 aromatic carbocycles. The molecule has 8 heteroatoms. The van der Waals surface area contributed by atoms with Crippen molar-refractivity contribution >= 4 is 23.1 Å². The number of fused-ring (bicyclic) bond motifs is 1. The average molecular weight is 383 g/mol. The van der Waals surface area contributed by atoms with Gasteiger partial charge in [-0.2, -0.15) is 9.78 Å². The van der Waals surface area contributed by atoms with Crippen molar-refractivity contribution in [2.45, 2.75) is 45.4 Å². The van der Waals surface area contributed by atoms with Crippen molar-refractivity contribution in [1.29, 1.82) is 0 Å². The number of aromatic amines is 1. The number of nitrogens with one attached hydrogen (secondary N) is 2. The van der Waals surface area contributed by atoms with E-state index in [1.807, 2.05) is 30.5 Å². The summed E-state index contributed by atoms with van der Waals surface area (Å²) in [5.74, 6) is 0.786. The predicted octanol–water partition coefficient (Wildman–Crippen LogP) is 3.30. The Balaban J connectivity index is 1.75. The number of H-pyrrole nitrogens is 1. The van der Waals surface area contributed by atoms with Crippen molar-refractivity contribution in [2.24, 2.45) is 0 Å². The first-order chi connectivity index (χ1) is 13.2. The highest BCUT2D eigenvalue weighted by Crippen LogP contribution is 2.28. The minimum Gasteiger partial charge on any atom is -0.310 e. The van der Waals surface area contributed by atoms with Gasteiger partial charge in [-0.15, -0.1) is 11.3 Å². The van der Waals surface area contributed by atoms with Gasteiger partial charge in [-0.25, -0.2) is 4.98 Å². The third-order valence-corrected chi connectivity index (χ3v) is 5.53. The summed E-state index contributed by atoms with van der Waals surface area (Å²) in [6.45, 7) is 2.05. The highest BCUT2D eigenvalue weighted by Gasteiger charge is 2.21. The second-order valence-corrected chi connectivity index (χ2v) is 7.57. The van der Waals surface area contributed by atoms with Crippen molar-refractivity contribution < 1.29 is 4.79 Å². The molecule has 0 saturated heterocycles. The zero-order valence-electron chi connectivity index (χ0n) is 15.1. The monoisotopic (exact) mass is 383 g/mol. The molecule has 0 saturated carbocycles. The molecule has 140 valence electrons. The number of anilines is 1. The van der Waals surface area contributed by atoms with Crippen molar-refractivity contribution in [3.05, 3.63) is 45.2 Å². The number of nitrogens with zero attached hydrogens (tertiary/aromatic N) is 3. The topological polar surface area (TPSA) is 92.7 Å². The van der Waals surface area contributed by atoms with Crippen LogP contribution in [0.2, 0.25) is 0 Å². The van der Waals surface area contributed by atoms with Gasteiger partial charge in [0.25, 0.3) is 5.56 Å². The number of amides is 1. The lowest BCUT2D eigenvalue weighted by molar-refractivity contribution is -0.116. The number of carbonyl (C=O) groups excluding carboxylic acids is 1. The molecule has 1 amide bonds. The normalized spacial score (nSPS) is 12.9. The van der Waals surface area contributed by atoms with Crippen molar-refractivity contribution in [1.82, 2.24) is 19.7 Å². The van der Waals surface area contributed by atoms with E-state index in [0.717, 1.165) is 53.9 Å². The van der Waals surface area contributed by atoms with Crippen molar-refractivity contribution in [2.75, 3.05) is 5.32 Å². The smallest absolute Gasteiger partial charge is 0.255 e. The Labute approximate surface area is 160 Å². The quantitative estimate of drug-likeness (QED) is 0.683. The lowest BCUT2D eigenvalue weighted by atomic mass is 10.2. The molecule has 1 aliphatic rings. The van der Waals surface area contributed by atoms with Crippen LogP contribution in [0.5, 0.6) is 0 Å². The van der Waals surface area contributed by atoms with E-state index >= 15 is 0 Å². The van der Waals surface area contributed by atoms with Crippen molar-refractivity contribution in [3.63, 3.8) is 0 Å². The molecule has 0 spiro atoms. The van der Waals surface area contributed by atoms with E-state index in [9.17, 15) is 9.59 Å². The number of rotatable bonds is 6. The molecule has 2 N–H and O–H groups in total. The summed E-state index contributed by atoms with van der Waals surface area (Å²) in [4.78, 5) is 33.1. The minimum absolute atomic E-state index is 0.0702. The first-order valence-corrected chi connectivity index (χ1v) is 10.1. The van der Waals surface area contributed by atoms with Crippen LogP contribution in [0.1, 0.15) is 43.9 Å². The van der Waals surface area contributed by atoms with Gasteiger partial charge in [-0.3, -0.25) is 14.6 Å². The highest BCUT2D eigenvalue weighted by atomic mass is 32.1. The Morgan fingerprint density at radius 3 is 3.07 bits per heavy atom. The number of hydrogen-bond donors (Lipinski definition) is 2. The third-order valence-electron chi connectivity index (χ3n) is 4.64. The Bertz CT molecular complexity index is 1020. The van der Waals surface area contributed by atoms with Crippen LogP contribution >= 0.6 is 11.3 Å². The molecule has 0 fully saturated rings. The zero-order valence-corrected chi connectivity index (χ0v) is 15.9. The fraction of sp³-hybridized carbons (Fsp3) is 0.368. The van der Waals surface area contributed by atoms with Gasteiger partial charge in [0, 0.05) is 18.1 Å². The standard InChI is InChI=1S/C19H21N5O2S/c1-2-3-9-17(25)21-16-11-14(15-8-5-10-27-15)23-24(16)19-20-13-7-4-6-12(13)18(26)22-19/h5,8,10-11H,2-4,6-7,9H2,1H3,(H,21,25)(H,20,22,26). The second kappa shape index (κ2) is 7.48. The van der Waals surface area contributed by atoms with Crippen LogP contribution in [0.15, 0.2) is 28.4 Å². The van der Waals surface area contributed by atoms with Gasteiger partial charge in [0.15, 0.2) is 0 Å². The summed E-state index contributed by atoms with van der Waals surface area (Å²) in [7, 11) is 0. The summed E-state index contributed by atoms with van der Waals surface area (Å²) in [6.07, 6.45) is 4.72. The molecule has 3 aromatic heterocycles. The summed E-state index contributed by atoms with van der Waals surface area (Å²) >= 11 is 1.57. The van der Waals surface area contributed by atoms with Crippen LogP contribution in [-0.2, 0) is 17.6 Å². The minimum atomic E-state index is -0.121. The largest absolute Gasteiger partial charge is 0.310 e. The number of carbonyl (C=O) groups is 1. The van der Waals surface area contributed by atoms with E-state index < -0.39 is 0 Å². The Hall–Kier alpha value is -2.74. The first kappa shape index (κ1) is 17.7. The average Bonchev–Trinajstić information content (AvgIpc) is 3.39. The first-order valence-electron chi connectivity index (χ1n) is 9.22. The van der Waals surface area contributed by atoms with E-state index in [1.54, 1.807) is 11.3 Å². The Morgan fingerprint density at radius 2 is 2.30 bits per heavy atom. The SMILES string of the molecule is CCCCC(=O)Nc1cc(-c2cccs2)nn1-c1nc2c(c(=O)[nH]1)CCC2. The summed E-state index contributed by atoms with van der Waals surface area (Å²) in [5, 5.41) is 9.50. The molecule has 1 aliphatic carbocycles. The van der Waals surface area contributed by atoms with Gasteiger partial charge in [0.1, 0.15) is 11.5 Å². The molecule has 0 aliphatic heterocycles. The fourth-order valence-electron chi connectivity index (χ4n) is 3.25. The van der Waals surface area contributed by atoms with Gasteiger partial charge < -0.3 is 5.32 Å². The second-order valence-electron chi connectivity index (χ2n) is 6.62. The van der Waals surface area contributed by atoms with E-state index in [-0.39, 0.29) is 11.5 Å². The van der Waals surface area contributed by atoms with Crippen molar-refractivity contribution in [3.8, 4) is 16.5 Å². The van der Waals surface area contributed by atoms with E-state index in [4.69, 9.17) is 0 Å². The maximum Gasteiger partial charge on any atom is 0.255 e. The Kier molecular flexibility index (Phi) is 4.89. The molecule has 27 heavy (non-hydrogen) atoms. The van der Waals surface area contributed by atoms with Gasteiger partial charge >= 0.3 is 0 Å². The lowest BCUT2D eigenvalue weighted by Crippen LogP contribution is -2.21. The van der Waals surface area contributed by atoms with Gasteiger partial charge in [0.2, 0.25) is 11.9 Å². The van der Waals surface area contributed by atoms with Crippen LogP contribution in [0.25, 0.3) is 16.5 Å². The fourth-order valence-corrected chi connectivity index (χ4v) is 3.93. The summed E-state index contributed by atoms with van der Waals surface area (Å²) < 4.78 is 1.53. The predicted molar refractivity (Wildman–Crippen MR) is 105 cm³/mol. The molecule has 3 aromatic rings. The molecular weight excluding hydrogens is 362 g/mol. The van der Waals surface area contributed by atoms with Crippen LogP contribution in [0.3, 0.4) is 0 Å². The van der Waals surface area contributed by atoms with Gasteiger partial charge in [0.05, 0.1) is 10.6 Å². The number of aromatic nitrogens is 4. The number of hydrogen-bond acceptors (Lipinski definition) is 5. The molecule has 0 bridgehead atoms. The molecule has 7 nitrogen and oxygen atoms in total. The third kappa shape index (κ3) is 3.57. The Morgan fingerprint density at radius 1 is 1.41 bits per heavy atom. The molecule has 3 heterocycles. The van der Waals surface area contributed by atoms with E-state index in [0.29, 0.717) is 18.2 Å². The maximum atomic E-state index is 12.4. The number of thiophene rings is 1. The summed E-state index contributed by atoms with van der Waals surface area (Å²) in [6, 6.07) is 5.75. The lowest BCUT2D eigenvalue weighted by Gasteiger charge is -2.09. The number of unbranched alkanes of at least 4 members (excludes halogenated alkanes) is 1. The van der Waals surface area contributed by atoms with Gasteiger partial charge in [-0.1, -0.05) is 19.4 Å². The van der Waals surface area contributed by atoms with Crippen LogP contribution in [0, 0.1) is 0 Å². The molecule has 0 unspecified atom stereocenters. The molecular formula is C19H21N5O2S. The van der Waals surface area contributed by atoms with E-state index in [2.05, 4.69) is 20.4 Å². The van der Waals surface area contributed by atoms with Crippen LogP contribution in [-0.4, -0.2) is 25.7 Å².